The molecule has 1 saturated heterocycles. The highest BCUT2D eigenvalue weighted by atomic mass is 35.5. The van der Waals surface area contributed by atoms with Gasteiger partial charge in [0, 0.05) is 25.7 Å². The Morgan fingerprint density at radius 3 is 2.51 bits per heavy atom. The number of benzene rings is 2. The molecule has 3 rings (SSSR count). The van der Waals surface area contributed by atoms with Crippen LogP contribution in [0.15, 0.2) is 36.4 Å². The summed E-state index contributed by atoms with van der Waals surface area (Å²) in [6.07, 6.45) is -5.33. The quantitative estimate of drug-likeness (QED) is 0.366. The molecule has 0 aromatic heterocycles. The minimum atomic E-state index is -4.86. The smallest absolute Gasteiger partial charge is 0.418 e. The molecule has 9 nitrogen and oxygen atoms in total. The van der Waals surface area contributed by atoms with Crippen molar-refractivity contribution in [1.82, 2.24) is 15.5 Å². The monoisotopic (exact) mass is 569 g/mol. The molecule has 0 saturated carbocycles. The van der Waals surface area contributed by atoms with Crippen LogP contribution in [-0.4, -0.2) is 54.1 Å². The first-order valence-electron chi connectivity index (χ1n) is 12.2. The van der Waals surface area contributed by atoms with Crippen LogP contribution in [0.4, 0.5) is 29.3 Å². The summed E-state index contributed by atoms with van der Waals surface area (Å²) >= 11 is 5.96. The molecule has 0 bridgehead atoms. The summed E-state index contributed by atoms with van der Waals surface area (Å²) in [5.41, 5.74) is 3.90. The fourth-order valence-corrected chi connectivity index (χ4v) is 4.21. The molecule has 13 heteroatoms. The van der Waals surface area contributed by atoms with Crippen LogP contribution in [0.1, 0.15) is 48.7 Å². The molecular weight excluding hydrogens is 539 g/mol. The number of nitrogens with zero attached hydrogens (tertiary/aromatic N) is 1. The molecule has 0 unspecified atom stereocenters. The molecule has 0 radical (unpaired) electrons. The summed E-state index contributed by atoms with van der Waals surface area (Å²) in [4.78, 5) is 39.6. The number of carbonyl (C=O) groups excluding carboxylic acids is 3. The van der Waals surface area contributed by atoms with Gasteiger partial charge in [-0.1, -0.05) is 23.7 Å². The number of carbonyl (C=O) groups is 3. The van der Waals surface area contributed by atoms with Crippen molar-refractivity contribution in [3.63, 3.8) is 0 Å². The highest BCUT2D eigenvalue weighted by molar-refractivity contribution is 6.33. The number of amides is 3. The Bertz CT molecular complexity index is 1230. The molecule has 2 aromatic carbocycles. The largest absolute Gasteiger partial charge is 0.444 e. The summed E-state index contributed by atoms with van der Waals surface area (Å²) in [5.74, 6) is -1.46. The van der Waals surface area contributed by atoms with E-state index in [1.807, 2.05) is 11.4 Å². The second-order valence-electron chi connectivity index (χ2n) is 10.2. The van der Waals surface area contributed by atoms with Crippen LogP contribution in [0, 0.1) is 0 Å². The van der Waals surface area contributed by atoms with E-state index < -0.39 is 53.0 Å². The Morgan fingerprint density at radius 2 is 1.87 bits per heavy atom. The number of likely N-dealkylation sites (tertiary alicyclic amines) is 1. The van der Waals surface area contributed by atoms with Crippen molar-refractivity contribution < 1.29 is 32.3 Å². The minimum Gasteiger partial charge on any atom is -0.444 e. The third-order valence-electron chi connectivity index (χ3n) is 5.75. The Kier molecular flexibility index (Phi) is 9.34. The second-order valence-corrected chi connectivity index (χ2v) is 10.6. The fraction of sp³-hybridized carbons (Fsp3) is 0.423. The maximum Gasteiger partial charge on any atom is 0.418 e. The van der Waals surface area contributed by atoms with E-state index in [9.17, 15) is 27.6 Å². The van der Waals surface area contributed by atoms with E-state index in [0.29, 0.717) is 30.2 Å². The second kappa shape index (κ2) is 12.1. The first-order valence-corrected chi connectivity index (χ1v) is 12.5. The fourth-order valence-electron chi connectivity index (χ4n) is 4.10. The number of hydrogen-bond donors (Lipinski definition) is 4. The molecule has 1 aliphatic rings. The lowest BCUT2D eigenvalue weighted by atomic mass is 10.1. The first-order chi connectivity index (χ1) is 18.1. The van der Waals surface area contributed by atoms with E-state index in [1.54, 1.807) is 32.9 Å². The van der Waals surface area contributed by atoms with Gasteiger partial charge in [-0.15, -0.1) is 0 Å². The zero-order chi connectivity index (χ0) is 29.0. The number of alkyl halides is 3. The molecule has 1 aliphatic heterocycles. The van der Waals surface area contributed by atoms with Crippen LogP contribution < -0.4 is 21.7 Å². The van der Waals surface area contributed by atoms with Gasteiger partial charge in [-0.25, -0.2) is 4.79 Å². The normalized spacial score (nSPS) is 16.0. The summed E-state index contributed by atoms with van der Waals surface area (Å²) < 4.78 is 45.9. The summed E-state index contributed by atoms with van der Waals surface area (Å²) in [6, 6.07) is 8.12. The van der Waals surface area contributed by atoms with Gasteiger partial charge in [0.2, 0.25) is 5.91 Å². The van der Waals surface area contributed by atoms with Gasteiger partial charge in [0.15, 0.2) is 0 Å². The van der Waals surface area contributed by atoms with Crippen molar-refractivity contribution in [2.75, 3.05) is 30.7 Å². The Balaban J connectivity index is 1.59. The number of nitrogens with two attached hydrogens (primary N) is 1. The van der Waals surface area contributed by atoms with Crippen LogP contribution in [0.25, 0.3) is 0 Å². The van der Waals surface area contributed by atoms with Gasteiger partial charge in [-0.3, -0.25) is 19.8 Å². The van der Waals surface area contributed by atoms with E-state index in [-0.39, 0.29) is 6.04 Å². The van der Waals surface area contributed by atoms with Crippen molar-refractivity contribution in [3.05, 3.63) is 58.1 Å². The molecule has 0 spiro atoms. The number of nitrogens with one attached hydrogen (secondary N) is 3. The van der Waals surface area contributed by atoms with Crippen molar-refractivity contribution in [3.8, 4) is 0 Å². The number of nitrogen functional groups attached to an aromatic ring is 1. The van der Waals surface area contributed by atoms with Crippen molar-refractivity contribution >= 4 is 40.9 Å². The third kappa shape index (κ3) is 8.75. The highest BCUT2D eigenvalue weighted by Gasteiger charge is 2.36. The summed E-state index contributed by atoms with van der Waals surface area (Å²) in [6.45, 7) is 6.09. The lowest BCUT2D eigenvalue weighted by Crippen LogP contribution is -2.43. The topological polar surface area (TPSA) is 126 Å². The van der Waals surface area contributed by atoms with Gasteiger partial charge in [0.05, 0.1) is 34.1 Å². The standard InChI is InChI=1S/C26H31ClF3N5O4/c1-25(2,3)39-24(38)34-22-17(5-4-6-18(22)26(28,29)30)23(37)32-12-21(36)33-16-9-10-35(14-16)13-15-7-8-19(27)20(31)11-15/h4-8,11,16H,9-10,12-14,31H2,1-3H3,(H,32,37)(H,33,36)(H,34,38)/t16-/m1/s1. The zero-order valence-electron chi connectivity index (χ0n) is 21.7. The maximum absolute atomic E-state index is 13.6. The Hall–Kier alpha value is -3.51. The van der Waals surface area contributed by atoms with Crippen LogP contribution in [0.3, 0.4) is 0 Å². The first kappa shape index (κ1) is 30.0. The average Bonchev–Trinajstić information content (AvgIpc) is 3.24. The van der Waals surface area contributed by atoms with Gasteiger partial charge in [-0.05, 0) is 57.0 Å². The van der Waals surface area contributed by atoms with Crippen LogP contribution in [0.5, 0.6) is 0 Å². The van der Waals surface area contributed by atoms with Crippen molar-refractivity contribution in [2.45, 2.75) is 51.6 Å². The Labute approximate surface area is 229 Å². The minimum absolute atomic E-state index is 0.169. The summed E-state index contributed by atoms with van der Waals surface area (Å²) in [7, 11) is 0. The van der Waals surface area contributed by atoms with Gasteiger partial charge in [-0.2, -0.15) is 13.2 Å². The van der Waals surface area contributed by atoms with Gasteiger partial charge >= 0.3 is 12.3 Å². The Morgan fingerprint density at radius 1 is 1.15 bits per heavy atom. The maximum atomic E-state index is 13.6. The van der Waals surface area contributed by atoms with Crippen LogP contribution in [-0.2, 0) is 22.3 Å². The number of ether oxygens (including phenoxy) is 1. The molecule has 2 aromatic rings. The molecule has 39 heavy (non-hydrogen) atoms. The van der Waals surface area contributed by atoms with E-state index in [0.717, 1.165) is 30.3 Å². The van der Waals surface area contributed by atoms with Crippen LogP contribution in [0.2, 0.25) is 5.02 Å². The number of anilines is 2. The van der Waals surface area contributed by atoms with E-state index in [2.05, 4.69) is 15.5 Å². The number of rotatable bonds is 7. The SMILES string of the molecule is CC(C)(C)OC(=O)Nc1c(C(=O)NCC(=O)N[C@@H]2CCN(Cc3ccc(Cl)c(N)c3)C2)cccc1C(F)(F)F. The predicted octanol–water partition coefficient (Wildman–Crippen LogP) is 4.41. The number of halogens is 4. The molecule has 0 aliphatic carbocycles. The highest BCUT2D eigenvalue weighted by Crippen LogP contribution is 2.37. The molecule has 1 heterocycles. The molecule has 5 N–H and O–H groups in total. The predicted molar refractivity (Wildman–Crippen MR) is 141 cm³/mol. The molecular formula is C26H31ClF3N5O4. The zero-order valence-corrected chi connectivity index (χ0v) is 22.5. The van der Waals surface area contributed by atoms with Crippen LogP contribution >= 0.6 is 11.6 Å². The molecule has 212 valence electrons. The molecule has 3 amide bonds. The lowest BCUT2D eigenvalue weighted by molar-refractivity contribution is -0.137. The van der Waals surface area contributed by atoms with Crippen molar-refractivity contribution in [1.29, 1.82) is 0 Å². The lowest BCUT2D eigenvalue weighted by Gasteiger charge is -2.22. The third-order valence-corrected chi connectivity index (χ3v) is 6.10. The average molecular weight is 570 g/mol. The van der Waals surface area contributed by atoms with Crippen molar-refractivity contribution in [2.24, 2.45) is 0 Å². The van der Waals surface area contributed by atoms with Gasteiger partial charge in [0.25, 0.3) is 5.91 Å². The van der Waals surface area contributed by atoms with Gasteiger partial charge < -0.3 is 21.1 Å². The molecule has 1 atom stereocenters. The van der Waals surface area contributed by atoms with E-state index >= 15 is 0 Å². The molecule has 1 fully saturated rings. The summed E-state index contributed by atoms with van der Waals surface area (Å²) in [5, 5.41) is 7.66. The number of hydrogen-bond acceptors (Lipinski definition) is 6. The van der Waals surface area contributed by atoms with E-state index in [4.69, 9.17) is 22.1 Å². The van der Waals surface area contributed by atoms with Gasteiger partial charge in [0.1, 0.15) is 5.60 Å². The van der Waals surface area contributed by atoms with E-state index in [1.165, 1.54) is 0 Å². The number of para-hydroxylation sites is 1.